The summed E-state index contributed by atoms with van der Waals surface area (Å²) in [4.78, 5) is 12.5. The lowest BCUT2D eigenvalue weighted by molar-refractivity contribution is 0.0442. The number of carbonyl (C=O) groups excluding carboxylic acids is 1. The average molecular weight is 348 g/mol. The van der Waals surface area contributed by atoms with Gasteiger partial charge in [0.25, 0.3) is 5.91 Å². The molecule has 110 valence electrons. The number of carbonyl (C=O) groups is 1. The number of alkyl halides is 1. The molecule has 1 aliphatic rings. The maximum atomic E-state index is 12.5. The van der Waals surface area contributed by atoms with E-state index in [2.05, 4.69) is 27.3 Å². The van der Waals surface area contributed by atoms with Crippen LogP contribution in [0.1, 0.15) is 23.2 Å². The van der Waals surface area contributed by atoms with Crippen molar-refractivity contribution in [1.29, 1.82) is 0 Å². The molecule has 1 amide bonds. The van der Waals surface area contributed by atoms with Crippen LogP contribution in [0.2, 0.25) is 0 Å². The maximum Gasteiger partial charge on any atom is 0.251 e. The molecule has 1 fully saturated rings. The highest BCUT2D eigenvalue weighted by Crippen LogP contribution is 2.24. The van der Waals surface area contributed by atoms with Crippen molar-refractivity contribution in [2.75, 3.05) is 18.5 Å². The fourth-order valence-electron chi connectivity index (χ4n) is 2.70. The smallest absolute Gasteiger partial charge is 0.251 e. The van der Waals surface area contributed by atoms with Crippen LogP contribution in [-0.4, -0.2) is 30.0 Å². The number of halogens is 1. The van der Waals surface area contributed by atoms with Crippen molar-refractivity contribution >= 4 is 32.6 Å². The molecule has 1 heterocycles. The van der Waals surface area contributed by atoms with Gasteiger partial charge >= 0.3 is 0 Å². The van der Waals surface area contributed by atoms with Gasteiger partial charge in [-0.3, -0.25) is 4.79 Å². The number of nitrogens with one attached hydrogen (secondary N) is 1. The minimum Gasteiger partial charge on any atom is -0.381 e. The van der Waals surface area contributed by atoms with E-state index < -0.39 is 0 Å². The minimum absolute atomic E-state index is 0.0119. The number of hydrogen-bond acceptors (Lipinski definition) is 2. The number of amides is 1. The molecule has 4 heteroatoms. The molecule has 3 rings (SSSR count). The summed E-state index contributed by atoms with van der Waals surface area (Å²) in [6.07, 6.45) is 1.69. The SMILES string of the molecule is O=C(NC1(CBr)CCOCC1)c1ccc2ccccc2c1. The summed E-state index contributed by atoms with van der Waals surface area (Å²) < 4.78 is 5.40. The molecule has 1 saturated heterocycles. The summed E-state index contributed by atoms with van der Waals surface area (Å²) >= 11 is 3.54. The van der Waals surface area contributed by atoms with Crippen LogP contribution >= 0.6 is 15.9 Å². The second kappa shape index (κ2) is 6.16. The van der Waals surface area contributed by atoms with Gasteiger partial charge in [-0.15, -0.1) is 0 Å². The number of fused-ring (bicyclic) bond motifs is 1. The van der Waals surface area contributed by atoms with Crippen LogP contribution in [0.3, 0.4) is 0 Å². The van der Waals surface area contributed by atoms with Crippen LogP contribution in [0.4, 0.5) is 0 Å². The molecule has 0 unspecified atom stereocenters. The second-order valence-electron chi connectivity index (χ2n) is 5.54. The van der Waals surface area contributed by atoms with E-state index >= 15 is 0 Å². The van der Waals surface area contributed by atoms with Crippen LogP contribution in [-0.2, 0) is 4.74 Å². The van der Waals surface area contributed by atoms with Crippen molar-refractivity contribution in [2.45, 2.75) is 18.4 Å². The largest absolute Gasteiger partial charge is 0.381 e. The Morgan fingerprint density at radius 3 is 2.57 bits per heavy atom. The Labute approximate surface area is 132 Å². The molecule has 0 aromatic heterocycles. The molecule has 2 aromatic rings. The van der Waals surface area contributed by atoms with E-state index in [-0.39, 0.29) is 11.4 Å². The minimum atomic E-state index is -0.193. The van der Waals surface area contributed by atoms with Gasteiger partial charge in [0.05, 0.1) is 5.54 Å². The Morgan fingerprint density at radius 1 is 1.14 bits per heavy atom. The molecule has 0 saturated carbocycles. The second-order valence-corrected chi connectivity index (χ2v) is 6.10. The summed E-state index contributed by atoms with van der Waals surface area (Å²) in [5.74, 6) is -0.0119. The first-order chi connectivity index (χ1) is 10.2. The van der Waals surface area contributed by atoms with Crippen LogP contribution in [0.5, 0.6) is 0 Å². The zero-order valence-electron chi connectivity index (χ0n) is 11.8. The van der Waals surface area contributed by atoms with Crippen LogP contribution in [0.15, 0.2) is 42.5 Å². The first-order valence-corrected chi connectivity index (χ1v) is 8.30. The van der Waals surface area contributed by atoms with Gasteiger partial charge in [0, 0.05) is 24.1 Å². The third-order valence-electron chi connectivity index (χ3n) is 4.10. The van der Waals surface area contributed by atoms with E-state index in [0.717, 1.165) is 28.9 Å². The zero-order valence-corrected chi connectivity index (χ0v) is 13.4. The van der Waals surface area contributed by atoms with Gasteiger partial charge in [-0.1, -0.05) is 46.3 Å². The van der Waals surface area contributed by atoms with Gasteiger partial charge in [-0.05, 0) is 35.7 Å². The van der Waals surface area contributed by atoms with E-state index in [9.17, 15) is 4.79 Å². The van der Waals surface area contributed by atoms with Crippen molar-refractivity contribution in [2.24, 2.45) is 0 Å². The third-order valence-corrected chi connectivity index (χ3v) is 5.17. The van der Waals surface area contributed by atoms with E-state index in [0.29, 0.717) is 18.8 Å². The quantitative estimate of drug-likeness (QED) is 0.862. The molecule has 0 radical (unpaired) electrons. The van der Waals surface area contributed by atoms with Crippen LogP contribution in [0, 0.1) is 0 Å². The van der Waals surface area contributed by atoms with Gasteiger partial charge in [0.1, 0.15) is 0 Å². The Balaban J connectivity index is 1.82. The van der Waals surface area contributed by atoms with Crippen molar-refractivity contribution in [3.05, 3.63) is 48.0 Å². The Morgan fingerprint density at radius 2 is 1.86 bits per heavy atom. The molecular weight excluding hydrogens is 330 g/mol. The summed E-state index contributed by atoms with van der Waals surface area (Å²) in [5.41, 5.74) is 0.515. The predicted octanol–water partition coefficient (Wildman–Crippen LogP) is 3.51. The highest BCUT2D eigenvalue weighted by Gasteiger charge is 2.33. The first-order valence-electron chi connectivity index (χ1n) is 7.17. The van der Waals surface area contributed by atoms with Gasteiger partial charge in [-0.2, -0.15) is 0 Å². The summed E-state index contributed by atoms with van der Waals surface area (Å²) in [6.45, 7) is 1.40. The van der Waals surface area contributed by atoms with Crippen LogP contribution in [0.25, 0.3) is 10.8 Å². The third kappa shape index (κ3) is 3.11. The maximum absolute atomic E-state index is 12.5. The molecule has 0 atom stereocenters. The Bertz CT molecular complexity index is 650. The lowest BCUT2D eigenvalue weighted by atomic mass is 9.92. The molecule has 0 spiro atoms. The topological polar surface area (TPSA) is 38.3 Å². The number of rotatable bonds is 3. The highest BCUT2D eigenvalue weighted by atomic mass is 79.9. The summed E-state index contributed by atoms with van der Waals surface area (Å²) in [5, 5.41) is 6.19. The lowest BCUT2D eigenvalue weighted by Crippen LogP contribution is -2.53. The normalized spacial score (nSPS) is 17.6. The highest BCUT2D eigenvalue weighted by molar-refractivity contribution is 9.09. The number of benzene rings is 2. The molecule has 3 nitrogen and oxygen atoms in total. The predicted molar refractivity (Wildman–Crippen MR) is 88.0 cm³/mol. The van der Waals surface area contributed by atoms with Crippen molar-refractivity contribution < 1.29 is 9.53 Å². The fourth-order valence-corrected chi connectivity index (χ4v) is 3.40. The molecule has 1 aliphatic heterocycles. The Hall–Kier alpha value is -1.39. The van der Waals surface area contributed by atoms with Crippen LogP contribution < -0.4 is 5.32 Å². The monoisotopic (exact) mass is 347 g/mol. The van der Waals surface area contributed by atoms with Gasteiger partial charge in [0.2, 0.25) is 0 Å². The molecule has 0 aliphatic carbocycles. The van der Waals surface area contributed by atoms with E-state index in [1.807, 2.05) is 36.4 Å². The molecule has 2 aromatic carbocycles. The zero-order chi connectivity index (χ0) is 14.7. The number of hydrogen-bond donors (Lipinski definition) is 1. The Kier molecular flexibility index (Phi) is 4.27. The lowest BCUT2D eigenvalue weighted by Gasteiger charge is -2.36. The summed E-state index contributed by atoms with van der Waals surface area (Å²) in [7, 11) is 0. The van der Waals surface area contributed by atoms with Gasteiger partial charge in [-0.25, -0.2) is 0 Å². The van der Waals surface area contributed by atoms with Crippen molar-refractivity contribution in [3.63, 3.8) is 0 Å². The molecule has 0 bridgehead atoms. The molecule has 21 heavy (non-hydrogen) atoms. The molecule has 1 N–H and O–H groups in total. The fraction of sp³-hybridized carbons (Fsp3) is 0.353. The van der Waals surface area contributed by atoms with E-state index in [1.54, 1.807) is 0 Å². The standard InChI is InChI=1S/C17H18BrNO2/c18-12-17(7-9-21-10-8-17)19-16(20)15-6-5-13-3-1-2-4-14(13)11-15/h1-6,11H,7-10,12H2,(H,19,20). The van der Waals surface area contributed by atoms with Gasteiger partial charge in [0.15, 0.2) is 0 Å². The average Bonchev–Trinajstić information content (AvgIpc) is 2.55. The van der Waals surface area contributed by atoms with E-state index in [4.69, 9.17) is 4.74 Å². The first kappa shape index (κ1) is 14.5. The molecular formula is C17H18BrNO2. The number of ether oxygens (including phenoxy) is 1. The van der Waals surface area contributed by atoms with Gasteiger partial charge < -0.3 is 10.1 Å². The summed E-state index contributed by atoms with van der Waals surface area (Å²) in [6, 6.07) is 13.9. The van der Waals surface area contributed by atoms with E-state index in [1.165, 1.54) is 0 Å². The van der Waals surface area contributed by atoms with Crippen molar-refractivity contribution in [1.82, 2.24) is 5.32 Å². The van der Waals surface area contributed by atoms with Crippen molar-refractivity contribution in [3.8, 4) is 0 Å².